The van der Waals surface area contributed by atoms with Crippen LogP contribution in [0.1, 0.15) is 5.56 Å². The fraction of sp³-hybridized carbons (Fsp3) is 0.333. The summed E-state index contributed by atoms with van der Waals surface area (Å²) < 4.78 is 0. The number of nitrogen functional groups attached to an aromatic ring is 1. The van der Waals surface area contributed by atoms with Gasteiger partial charge < -0.3 is 26.6 Å². The van der Waals surface area contributed by atoms with E-state index in [0.717, 1.165) is 22.4 Å². The summed E-state index contributed by atoms with van der Waals surface area (Å²) in [5, 5.41) is 22.4. The van der Waals surface area contributed by atoms with Crippen molar-refractivity contribution in [3.05, 3.63) is 34.5 Å². The summed E-state index contributed by atoms with van der Waals surface area (Å²) in [6, 6.07) is 5.74. The van der Waals surface area contributed by atoms with Gasteiger partial charge in [-0.1, -0.05) is 0 Å². The summed E-state index contributed by atoms with van der Waals surface area (Å²) in [6.45, 7) is 1.48. The molecule has 1 aromatic carbocycles. The second-order valence-corrected chi connectivity index (χ2v) is 5.46. The number of nitrogens with zero attached hydrogens (tertiary/aromatic N) is 1. The van der Waals surface area contributed by atoms with Gasteiger partial charge in [0, 0.05) is 36.6 Å². The van der Waals surface area contributed by atoms with Crippen LogP contribution >= 0.6 is 11.3 Å². The Morgan fingerprint density at radius 2 is 1.76 bits per heavy atom. The van der Waals surface area contributed by atoms with Crippen molar-refractivity contribution in [2.45, 2.75) is 6.54 Å². The molecule has 0 fully saturated rings. The summed E-state index contributed by atoms with van der Waals surface area (Å²) in [7, 11) is 0. The standard InChI is InChI=1S/C15H21N3O2S/c16-8-11-9-21-10-14(11)13-7-12(1-2-15(13)17)18(3-5-19)4-6-20/h1-2,7,9-10,19-20H,3-6,8,16-17H2. The van der Waals surface area contributed by atoms with Crippen LogP contribution in [0.5, 0.6) is 0 Å². The molecule has 0 amide bonds. The molecule has 0 spiro atoms. The average Bonchev–Trinajstić information content (AvgIpc) is 2.96. The van der Waals surface area contributed by atoms with E-state index in [1.54, 1.807) is 11.3 Å². The molecule has 0 aliphatic carbocycles. The molecule has 0 saturated heterocycles. The zero-order chi connectivity index (χ0) is 15.2. The number of rotatable bonds is 7. The topological polar surface area (TPSA) is 95.7 Å². The largest absolute Gasteiger partial charge is 0.398 e. The quantitative estimate of drug-likeness (QED) is 0.577. The molecule has 5 nitrogen and oxygen atoms in total. The summed E-state index contributed by atoms with van der Waals surface area (Å²) in [5.41, 5.74) is 16.5. The van der Waals surface area contributed by atoms with Crippen LogP contribution in [0.3, 0.4) is 0 Å². The van der Waals surface area contributed by atoms with E-state index in [1.165, 1.54) is 0 Å². The van der Waals surface area contributed by atoms with E-state index in [4.69, 9.17) is 21.7 Å². The van der Waals surface area contributed by atoms with Crippen molar-refractivity contribution in [2.24, 2.45) is 5.73 Å². The SMILES string of the molecule is NCc1cscc1-c1cc(N(CCO)CCO)ccc1N. The summed E-state index contributed by atoms with van der Waals surface area (Å²) in [4.78, 5) is 1.93. The van der Waals surface area contributed by atoms with Gasteiger partial charge >= 0.3 is 0 Å². The van der Waals surface area contributed by atoms with E-state index in [9.17, 15) is 0 Å². The predicted molar refractivity (Wildman–Crippen MR) is 88.4 cm³/mol. The molecule has 6 heteroatoms. The Labute approximate surface area is 128 Å². The Bertz CT molecular complexity index is 580. The van der Waals surface area contributed by atoms with Crippen LogP contribution < -0.4 is 16.4 Å². The number of anilines is 2. The maximum absolute atomic E-state index is 9.15. The lowest BCUT2D eigenvalue weighted by molar-refractivity contribution is 0.281. The maximum Gasteiger partial charge on any atom is 0.0606 e. The highest BCUT2D eigenvalue weighted by Gasteiger charge is 2.12. The molecule has 0 radical (unpaired) electrons. The molecule has 114 valence electrons. The van der Waals surface area contributed by atoms with E-state index in [1.807, 2.05) is 33.9 Å². The minimum absolute atomic E-state index is 0.0339. The molecular formula is C15H21N3O2S. The fourth-order valence-corrected chi connectivity index (χ4v) is 3.17. The van der Waals surface area contributed by atoms with Crippen LogP contribution in [0.25, 0.3) is 11.1 Å². The minimum atomic E-state index is 0.0339. The first-order chi connectivity index (χ1) is 10.2. The number of hydrogen-bond acceptors (Lipinski definition) is 6. The van der Waals surface area contributed by atoms with Crippen LogP contribution in [0.4, 0.5) is 11.4 Å². The van der Waals surface area contributed by atoms with Gasteiger partial charge in [0.05, 0.1) is 13.2 Å². The average molecular weight is 307 g/mol. The number of thiophene rings is 1. The molecule has 2 aromatic rings. The summed E-state index contributed by atoms with van der Waals surface area (Å²) >= 11 is 1.60. The molecule has 0 bridgehead atoms. The van der Waals surface area contributed by atoms with Crippen molar-refractivity contribution in [3.8, 4) is 11.1 Å². The lowest BCUT2D eigenvalue weighted by atomic mass is 10.0. The van der Waals surface area contributed by atoms with Crippen molar-refractivity contribution in [2.75, 3.05) is 36.9 Å². The van der Waals surface area contributed by atoms with Gasteiger partial charge in [0.15, 0.2) is 0 Å². The number of benzene rings is 1. The van der Waals surface area contributed by atoms with Crippen LogP contribution in [-0.2, 0) is 6.54 Å². The molecule has 1 aromatic heterocycles. The monoisotopic (exact) mass is 307 g/mol. The third-order valence-corrected chi connectivity index (χ3v) is 4.19. The molecular weight excluding hydrogens is 286 g/mol. The molecule has 0 aliphatic rings. The molecule has 21 heavy (non-hydrogen) atoms. The molecule has 0 atom stereocenters. The van der Waals surface area contributed by atoms with E-state index >= 15 is 0 Å². The smallest absolute Gasteiger partial charge is 0.0606 e. The van der Waals surface area contributed by atoms with Crippen molar-refractivity contribution in [1.82, 2.24) is 0 Å². The summed E-state index contributed by atoms with van der Waals surface area (Å²) in [5.74, 6) is 0. The highest BCUT2D eigenvalue weighted by molar-refractivity contribution is 7.08. The van der Waals surface area contributed by atoms with E-state index in [2.05, 4.69) is 0 Å². The molecule has 1 heterocycles. The van der Waals surface area contributed by atoms with Gasteiger partial charge in [0.1, 0.15) is 0 Å². The molecule has 0 aliphatic heterocycles. The summed E-state index contributed by atoms with van der Waals surface area (Å²) in [6.07, 6.45) is 0. The van der Waals surface area contributed by atoms with Crippen molar-refractivity contribution < 1.29 is 10.2 Å². The third-order valence-electron chi connectivity index (χ3n) is 3.39. The zero-order valence-corrected chi connectivity index (χ0v) is 12.6. The van der Waals surface area contributed by atoms with Gasteiger partial charge in [0.25, 0.3) is 0 Å². The Morgan fingerprint density at radius 1 is 1.05 bits per heavy atom. The normalized spacial score (nSPS) is 10.8. The van der Waals surface area contributed by atoms with Gasteiger partial charge in [-0.05, 0) is 40.1 Å². The lowest BCUT2D eigenvalue weighted by Crippen LogP contribution is -2.29. The predicted octanol–water partition coefficient (Wildman–Crippen LogP) is 1.25. The maximum atomic E-state index is 9.15. The fourth-order valence-electron chi connectivity index (χ4n) is 2.30. The first kappa shape index (κ1) is 15.8. The van der Waals surface area contributed by atoms with Crippen molar-refractivity contribution >= 4 is 22.7 Å². The number of hydrogen-bond donors (Lipinski definition) is 4. The van der Waals surface area contributed by atoms with Gasteiger partial charge in [-0.3, -0.25) is 0 Å². The molecule has 2 rings (SSSR count). The number of aliphatic hydroxyl groups excluding tert-OH is 2. The van der Waals surface area contributed by atoms with Gasteiger partial charge in [-0.25, -0.2) is 0 Å². The third kappa shape index (κ3) is 3.54. The zero-order valence-electron chi connectivity index (χ0n) is 11.8. The Balaban J connectivity index is 2.41. The van der Waals surface area contributed by atoms with Gasteiger partial charge in [-0.2, -0.15) is 11.3 Å². The van der Waals surface area contributed by atoms with Crippen LogP contribution in [0.15, 0.2) is 29.0 Å². The van der Waals surface area contributed by atoms with Crippen LogP contribution in [0.2, 0.25) is 0 Å². The van der Waals surface area contributed by atoms with Crippen molar-refractivity contribution in [3.63, 3.8) is 0 Å². The van der Waals surface area contributed by atoms with Crippen LogP contribution in [0, 0.1) is 0 Å². The highest BCUT2D eigenvalue weighted by Crippen LogP contribution is 2.34. The highest BCUT2D eigenvalue weighted by atomic mass is 32.1. The first-order valence-electron chi connectivity index (χ1n) is 6.83. The molecule has 0 saturated carbocycles. The Kier molecular flexibility index (Phi) is 5.58. The molecule has 0 unspecified atom stereocenters. The van der Waals surface area contributed by atoms with Crippen molar-refractivity contribution in [1.29, 1.82) is 0 Å². The Hall–Kier alpha value is -1.60. The van der Waals surface area contributed by atoms with Gasteiger partial charge in [0.2, 0.25) is 0 Å². The van der Waals surface area contributed by atoms with E-state index in [0.29, 0.717) is 25.3 Å². The van der Waals surface area contributed by atoms with Gasteiger partial charge in [-0.15, -0.1) is 0 Å². The number of nitrogens with two attached hydrogens (primary N) is 2. The minimum Gasteiger partial charge on any atom is -0.398 e. The van der Waals surface area contributed by atoms with E-state index < -0.39 is 0 Å². The van der Waals surface area contributed by atoms with Crippen LogP contribution in [-0.4, -0.2) is 36.5 Å². The van der Waals surface area contributed by atoms with E-state index in [-0.39, 0.29) is 13.2 Å². The molecule has 6 N–H and O–H groups in total. The second-order valence-electron chi connectivity index (χ2n) is 4.72. The lowest BCUT2D eigenvalue weighted by Gasteiger charge is -2.24. The Morgan fingerprint density at radius 3 is 2.38 bits per heavy atom. The first-order valence-corrected chi connectivity index (χ1v) is 7.77. The number of aliphatic hydroxyl groups is 2. The second kappa shape index (κ2) is 7.42.